The van der Waals surface area contributed by atoms with Crippen LogP contribution in [-0.4, -0.2) is 13.0 Å². The molecule has 0 saturated carbocycles. The Bertz CT molecular complexity index is 117. The van der Waals surface area contributed by atoms with E-state index in [9.17, 15) is 13.0 Å². The smallest absolute Gasteiger partial charge is 0.735 e. The number of hydrogen-bond acceptors (Lipinski definition) is 3. The molecule has 0 rings (SSSR count). The van der Waals surface area contributed by atoms with Gasteiger partial charge in [0.15, 0.2) is 10.3 Å². The van der Waals surface area contributed by atoms with E-state index >= 15 is 0 Å². The fraction of sp³-hybridized carbons (Fsp3) is 0. The van der Waals surface area contributed by atoms with Crippen molar-refractivity contribution < 1.29 is 42.5 Å². The molecule has 7 heavy (non-hydrogen) atoms. The summed E-state index contributed by atoms with van der Waals surface area (Å²) in [5.41, 5.74) is 0. The van der Waals surface area contributed by atoms with E-state index in [1.54, 1.807) is 0 Å². The Morgan fingerprint density at radius 2 is 1.71 bits per heavy atom. The van der Waals surface area contributed by atoms with Gasteiger partial charge in [0, 0.05) is 16.1 Å². The van der Waals surface area contributed by atoms with Crippen molar-refractivity contribution >= 4 is 26.5 Å². The zero-order chi connectivity index (χ0) is 5.21. The first-order chi connectivity index (χ1) is 2.56. The van der Waals surface area contributed by atoms with Crippen molar-refractivity contribution in [1.82, 2.24) is 3.75 Å². The van der Waals surface area contributed by atoms with Crippen molar-refractivity contribution in [3.05, 3.63) is 0 Å². The Hall–Kier alpha value is 1.35. The summed E-state index contributed by atoms with van der Waals surface area (Å²) < 4.78 is 29.2. The molecular formula is HBrNNaO3S. The van der Waals surface area contributed by atoms with Crippen molar-refractivity contribution in [1.29, 1.82) is 0 Å². The number of hydrogen-bond donors (Lipinski definition) is 1. The summed E-state index contributed by atoms with van der Waals surface area (Å²) in [6, 6.07) is 0. The van der Waals surface area contributed by atoms with E-state index in [1.165, 1.54) is 3.75 Å². The van der Waals surface area contributed by atoms with E-state index in [1.807, 2.05) is 0 Å². The van der Waals surface area contributed by atoms with E-state index in [-0.39, 0.29) is 29.6 Å². The van der Waals surface area contributed by atoms with Crippen LogP contribution < -0.4 is 33.3 Å². The maximum atomic E-state index is 9.29. The summed E-state index contributed by atoms with van der Waals surface area (Å²) >= 11 is 2.22. The van der Waals surface area contributed by atoms with E-state index in [0.717, 1.165) is 0 Å². The quantitative estimate of drug-likeness (QED) is 0.268. The second kappa shape index (κ2) is 4.25. The largest absolute Gasteiger partial charge is 1.00 e. The first-order valence-electron chi connectivity index (χ1n) is 0.893. The van der Waals surface area contributed by atoms with Crippen LogP contribution in [0, 0.1) is 0 Å². The van der Waals surface area contributed by atoms with Gasteiger partial charge in [-0.25, -0.2) is 8.42 Å². The van der Waals surface area contributed by atoms with Gasteiger partial charge in [0.25, 0.3) is 0 Å². The van der Waals surface area contributed by atoms with Crippen LogP contribution in [0.25, 0.3) is 0 Å². The molecule has 0 bridgehead atoms. The summed E-state index contributed by atoms with van der Waals surface area (Å²) in [4.78, 5) is 0. The number of halogens is 1. The molecule has 7 heteroatoms. The fourth-order valence-electron chi connectivity index (χ4n) is 0. The van der Waals surface area contributed by atoms with Crippen LogP contribution >= 0.6 is 16.1 Å². The summed E-state index contributed by atoms with van der Waals surface area (Å²) in [6.45, 7) is 0. The minimum atomic E-state index is -4.25. The minimum Gasteiger partial charge on any atom is -0.735 e. The average molecular weight is 198 g/mol. The van der Waals surface area contributed by atoms with Crippen LogP contribution in [0.5, 0.6) is 0 Å². The maximum absolute atomic E-state index is 9.29. The van der Waals surface area contributed by atoms with Crippen LogP contribution in [0.2, 0.25) is 0 Å². The van der Waals surface area contributed by atoms with Crippen LogP contribution in [-0.2, 0) is 10.3 Å². The third-order valence-electron chi connectivity index (χ3n) is 0.0945. The molecule has 0 aliphatic heterocycles. The summed E-state index contributed by atoms with van der Waals surface area (Å²) in [5.74, 6) is 0. The maximum Gasteiger partial charge on any atom is 1.00 e. The Morgan fingerprint density at radius 1 is 1.57 bits per heavy atom. The Morgan fingerprint density at radius 3 is 1.71 bits per heavy atom. The van der Waals surface area contributed by atoms with Gasteiger partial charge < -0.3 is 4.55 Å². The molecule has 0 heterocycles. The molecule has 0 aliphatic carbocycles. The summed E-state index contributed by atoms with van der Waals surface area (Å²) in [5, 5.41) is 0. The topological polar surface area (TPSA) is 69.2 Å². The van der Waals surface area contributed by atoms with Gasteiger partial charge in [0.05, 0.1) is 0 Å². The molecule has 0 aliphatic rings. The molecule has 0 aromatic heterocycles. The molecular weight excluding hydrogens is 197 g/mol. The van der Waals surface area contributed by atoms with E-state index in [4.69, 9.17) is 0 Å². The Kier molecular flexibility index (Phi) is 6.79. The van der Waals surface area contributed by atoms with Gasteiger partial charge >= 0.3 is 29.6 Å². The molecule has 0 aromatic rings. The predicted molar refractivity (Wildman–Crippen MR) is 21.8 cm³/mol. The first-order valence-corrected chi connectivity index (χ1v) is 3.09. The van der Waals surface area contributed by atoms with Crippen molar-refractivity contribution in [2.24, 2.45) is 0 Å². The SMILES string of the molecule is O=S(=O)([O-])NBr.[Na+]. The zero-order valence-corrected chi connectivity index (χ0v) is 7.91. The molecule has 0 spiro atoms. The van der Waals surface area contributed by atoms with Gasteiger partial charge in [-0.15, -0.1) is 0 Å². The van der Waals surface area contributed by atoms with Gasteiger partial charge in [-0.1, -0.05) is 0 Å². The molecule has 0 saturated heterocycles. The number of rotatable bonds is 1. The van der Waals surface area contributed by atoms with Gasteiger partial charge in [-0.05, 0) is 0 Å². The second-order valence-corrected chi connectivity index (χ2v) is 2.57. The number of nitrogens with one attached hydrogen (secondary N) is 1. The normalized spacial score (nSPS) is 10.0. The molecule has 1 N–H and O–H groups in total. The third kappa shape index (κ3) is 11.1. The van der Waals surface area contributed by atoms with Gasteiger partial charge in [0.1, 0.15) is 0 Å². The van der Waals surface area contributed by atoms with Crippen LogP contribution in [0.1, 0.15) is 0 Å². The van der Waals surface area contributed by atoms with Crippen LogP contribution in [0.15, 0.2) is 0 Å². The molecule has 0 unspecified atom stereocenters. The van der Waals surface area contributed by atoms with Crippen LogP contribution in [0.4, 0.5) is 0 Å². The molecule has 4 nitrogen and oxygen atoms in total. The zero-order valence-electron chi connectivity index (χ0n) is 3.51. The van der Waals surface area contributed by atoms with E-state index in [2.05, 4.69) is 16.1 Å². The van der Waals surface area contributed by atoms with E-state index in [0.29, 0.717) is 0 Å². The molecule has 0 amide bonds. The molecule has 0 aromatic carbocycles. The Balaban J connectivity index is 0. The monoisotopic (exact) mass is 197 g/mol. The van der Waals surface area contributed by atoms with Gasteiger partial charge in [-0.3, -0.25) is 0 Å². The molecule has 0 atom stereocenters. The Labute approximate surface area is 72.2 Å². The molecule has 0 radical (unpaired) electrons. The van der Waals surface area contributed by atoms with Crippen LogP contribution in [0.3, 0.4) is 0 Å². The van der Waals surface area contributed by atoms with Gasteiger partial charge in [0.2, 0.25) is 0 Å². The fourth-order valence-corrected chi connectivity index (χ4v) is 0. The van der Waals surface area contributed by atoms with Crippen molar-refractivity contribution in [3.8, 4) is 0 Å². The first kappa shape index (κ1) is 11.2. The second-order valence-electron chi connectivity index (χ2n) is 0.531. The average Bonchev–Trinajstić information content (AvgIpc) is 1.35. The van der Waals surface area contributed by atoms with Crippen molar-refractivity contribution in [2.75, 3.05) is 0 Å². The van der Waals surface area contributed by atoms with Crippen molar-refractivity contribution in [2.45, 2.75) is 0 Å². The van der Waals surface area contributed by atoms with Gasteiger partial charge in [-0.2, -0.15) is 3.75 Å². The van der Waals surface area contributed by atoms with Crippen molar-refractivity contribution in [3.63, 3.8) is 0 Å². The summed E-state index contributed by atoms with van der Waals surface area (Å²) in [6.07, 6.45) is 0. The minimum absolute atomic E-state index is 0. The standard InChI is InChI=1S/BrH2NO3S.Na/c1-2-6(3,4)5;/h2H,(H,3,4,5);/q;+1/p-1. The predicted octanol–water partition coefficient (Wildman–Crippen LogP) is -3.65. The third-order valence-corrected chi connectivity index (χ3v) is 1.47. The molecule has 0 fully saturated rings. The van der Waals surface area contributed by atoms with E-state index < -0.39 is 10.3 Å². The summed E-state index contributed by atoms with van der Waals surface area (Å²) in [7, 11) is -4.25. The molecule has 38 valence electrons.